The van der Waals surface area contributed by atoms with Gasteiger partial charge in [0.05, 0.1) is 37.3 Å². The molecule has 0 aliphatic carbocycles. The number of hydrogen-bond donors (Lipinski definition) is 2. The van der Waals surface area contributed by atoms with E-state index in [1.807, 2.05) is 12.1 Å². The fraction of sp³-hybridized carbons (Fsp3) is 0.346. The van der Waals surface area contributed by atoms with Crippen molar-refractivity contribution in [2.75, 3.05) is 67.7 Å². The number of rotatable bonds is 5. The highest BCUT2D eigenvalue weighted by Gasteiger charge is 2.36. The molecule has 0 spiro atoms. The van der Waals surface area contributed by atoms with Crippen LogP contribution in [-0.4, -0.2) is 72.4 Å². The van der Waals surface area contributed by atoms with E-state index in [2.05, 4.69) is 36.2 Å². The molecular formula is C26H26F3N7O3. The molecule has 2 N–H and O–H groups in total. The van der Waals surface area contributed by atoms with Crippen LogP contribution in [0.3, 0.4) is 0 Å². The lowest BCUT2D eigenvalue weighted by atomic mass is 10.2. The van der Waals surface area contributed by atoms with Gasteiger partial charge in [-0.15, -0.1) is 0 Å². The normalized spacial score (nSPS) is 16.6. The molecule has 0 amide bonds. The molecule has 2 fully saturated rings. The van der Waals surface area contributed by atoms with Gasteiger partial charge in [0.15, 0.2) is 5.82 Å². The molecule has 2 aliphatic heterocycles. The monoisotopic (exact) mass is 541 g/mol. The molecule has 0 unspecified atom stereocenters. The summed E-state index contributed by atoms with van der Waals surface area (Å²) in [5, 5.41) is 5.84. The molecule has 2 saturated heterocycles. The number of ether oxygens (including phenoxy) is 2. The van der Waals surface area contributed by atoms with Gasteiger partial charge in [0.25, 0.3) is 5.56 Å². The Hall–Kier alpha value is -4.10. The van der Waals surface area contributed by atoms with E-state index in [0.29, 0.717) is 32.1 Å². The second kappa shape index (κ2) is 10.2. The average Bonchev–Trinajstić information content (AvgIpc) is 3.29. The molecular weight excluding hydrogens is 515 g/mol. The van der Waals surface area contributed by atoms with E-state index < -0.39 is 23.1 Å². The van der Waals surface area contributed by atoms with Gasteiger partial charge >= 0.3 is 6.18 Å². The van der Waals surface area contributed by atoms with Gasteiger partial charge in [-0.1, -0.05) is 12.1 Å². The molecule has 4 heterocycles. The van der Waals surface area contributed by atoms with Crippen LogP contribution in [0.1, 0.15) is 5.56 Å². The number of hydrogen-bond acceptors (Lipinski definition) is 8. The molecule has 0 saturated carbocycles. The summed E-state index contributed by atoms with van der Waals surface area (Å²) >= 11 is 0. The summed E-state index contributed by atoms with van der Waals surface area (Å²) in [7, 11) is 0. The summed E-state index contributed by atoms with van der Waals surface area (Å²) in [5.74, 6) is -0.514. The molecule has 4 aromatic rings. The van der Waals surface area contributed by atoms with Gasteiger partial charge in [0.1, 0.15) is 5.56 Å². The van der Waals surface area contributed by atoms with Crippen molar-refractivity contribution in [2.45, 2.75) is 6.18 Å². The Morgan fingerprint density at radius 3 is 2.13 bits per heavy atom. The maximum absolute atomic E-state index is 14.0. The van der Waals surface area contributed by atoms with Gasteiger partial charge in [0.2, 0.25) is 5.95 Å². The molecule has 39 heavy (non-hydrogen) atoms. The van der Waals surface area contributed by atoms with E-state index in [0.717, 1.165) is 48.4 Å². The molecule has 204 valence electrons. The third-order valence-electron chi connectivity index (χ3n) is 6.80. The molecule has 2 aromatic carbocycles. The molecule has 0 bridgehead atoms. The Labute approximate surface area is 221 Å². The number of aromatic nitrogens is 4. The van der Waals surface area contributed by atoms with Crippen LogP contribution in [0.4, 0.5) is 36.2 Å². The highest BCUT2D eigenvalue weighted by molar-refractivity contribution is 5.80. The molecule has 0 atom stereocenters. The smallest absolute Gasteiger partial charge is 0.378 e. The van der Waals surface area contributed by atoms with Crippen LogP contribution in [0, 0.1) is 0 Å². The number of nitrogens with zero attached hydrogens (tertiary/aromatic N) is 5. The number of alkyl halides is 3. The maximum atomic E-state index is 14.0. The highest BCUT2D eigenvalue weighted by Crippen LogP contribution is 2.35. The van der Waals surface area contributed by atoms with Crippen LogP contribution >= 0.6 is 0 Å². The summed E-state index contributed by atoms with van der Waals surface area (Å²) in [5.41, 5.74) is 1.23. The number of nitrogens with one attached hydrogen (secondary N) is 2. The Balaban J connectivity index is 1.41. The average molecular weight is 542 g/mol. The third kappa shape index (κ3) is 5.14. The summed E-state index contributed by atoms with van der Waals surface area (Å²) < 4.78 is 54.0. The van der Waals surface area contributed by atoms with Gasteiger partial charge in [-0.3, -0.25) is 9.89 Å². The Kier molecular flexibility index (Phi) is 6.61. The van der Waals surface area contributed by atoms with Gasteiger partial charge < -0.3 is 24.6 Å². The standard InChI is InChI=1S/C26H26F3N7O3/c27-26(28,29)21-16-30-25(32-23(21)36-22-4-2-1-3-20(22)24(37)33-36)31-17-13-18(34-5-9-38-10-6-34)15-19(14-17)35-7-11-39-12-8-35/h1-4,13-16H,5-12H2,(H,33,37)(H,30,31,32). The van der Waals surface area contributed by atoms with Crippen LogP contribution < -0.4 is 20.7 Å². The number of fused-ring (bicyclic) bond motifs is 1. The number of morpholine rings is 2. The van der Waals surface area contributed by atoms with Crippen molar-refractivity contribution in [1.29, 1.82) is 0 Å². The zero-order valence-electron chi connectivity index (χ0n) is 20.9. The van der Waals surface area contributed by atoms with E-state index in [1.165, 1.54) is 0 Å². The summed E-state index contributed by atoms with van der Waals surface area (Å²) in [6.07, 6.45) is -4.01. The lowest BCUT2D eigenvalue weighted by Crippen LogP contribution is -2.38. The van der Waals surface area contributed by atoms with Gasteiger partial charge in [-0.2, -0.15) is 18.2 Å². The van der Waals surface area contributed by atoms with E-state index in [9.17, 15) is 18.0 Å². The summed E-state index contributed by atoms with van der Waals surface area (Å²) in [4.78, 5) is 25.1. The quantitative estimate of drug-likeness (QED) is 0.396. The van der Waals surface area contributed by atoms with Crippen LogP contribution in [0.25, 0.3) is 16.7 Å². The van der Waals surface area contributed by atoms with Gasteiger partial charge in [-0.25, -0.2) is 9.67 Å². The lowest BCUT2D eigenvalue weighted by molar-refractivity contribution is -0.138. The first-order valence-corrected chi connectivity index (χ1v) is 12.6. The van der Waals surface area contributed by atoms with Gasteiger partial charge in [0, 0.05) is 49.4 Å². The predicted molar refractivity (Wildman–Crippen MR) is 140 cm³/mol. The SMILES string of the molecule is O=c1[nH]n(-c2nc(Nc3cc(N4CCOCC4)cc(N4CCOCC4)c3)ncc2C(F)(F)F)c2ccccc12. The maximum Gasteiger partial charge on any atom is 0.421 e. The Morgan fingerprint density at radius 1 is 0.897 bits per heavy atom. The summed E-state index contributed by atoms with van der Waals surface area (Å²) in [6, 6.07) is 12.3. The molecule has 2 aliphatic rings. The van der Waals surface area contributed by atoms with E-state index in [4.69, 9.17) is 9.47 Å². The minimum Gasteiger partial charge on any atom is -0.378 e. The van der Waals surface area contributed by atoms with Crippen LogP contribution in [0.5, 0.6) is 0 Å². The number of aromatic amines is 1. The first kappa shape index (κ1) is 25.2. The first-order chi connectivity index (χ1) is 18.9. The first-order valence-electron chi connectivity index (χ1n) is 12.6. The minimum absolute atomic E-state index is 0.0383. The zero-order chi connectivity index (χ0) is 27.0. The highest BCUT2D eigenvalue weighted by atomic mass is 19.4. The molecule has 0 radical (unpaired) electrons. The van der Waals surface area contributed by atoms with Crippen molar-refractivity contribution in [3.8, 4) is 5.82 Å². The molecule has 6 rings (SSSR count). The minimum atomic E-state index is -4.74. The van der Waals surface area contributed by atoms with Crippen LogP contribution in [-0.2, 0) is 15.7 Å². The van der Waals surface area contributed by atoms with Crippen molar-refractivity contribution < 1.29 is 22.6 Å². The van der Waals surface area contributed by atoms with Crippen molar-refractivity contribution >= 4 is 33.9 Å². The number of para-hydroxylation sites is 1. The molecule has 10 nitrogen and oxygen atoms in total. The Morgan fingerprint density at radius 2 is 1.51 bits per heavy atom. The largest absolute Gasteiger partial charge is 0.421 e. The third-order valence-corrected chi connectivity index (χ3v) is 6.80. The number of anilines is 4. The second-order valence-electron chi connectivity index (χ2n) is 9.28. The topological polar surface area (TPSA) is 101 Å². The van der Waals surface area contributed by atoms with Crippen molar-refractivity contribution in [1.82, 2.24) is 19.7 Å². The molecule has 2 aromatic heterocycles. The molecule has 13 heteroatoms. The van der Waals surface area contributed by atoms with E-state index >= 15 is 0 Å². The van der Waals surface area contributed by atoms with Crippen molar-refractivity contribution in [2.24, 2.45) is 0 Å². The fourth-order valence-electron chi connectivity index (χ4n) is 4.86. The van der Waals surface area contributed by atoms with Gasteiger partial charge in [-0.05, 0) is 30.3 Å². The Bertz CT molecular complexity index is 1500. The predicted octanol–water partition coefficient (Wildman–Crippen LogP) is 3.54. The van der Waals surface area contributed by atoms with Crippen LogP contribution in [0.2, 0.25) is 0 Å². The lowest BCUT2D eigenvalue weighted by Gasteiger charge is -2.33. The number of H-pyrrole nitrogens is 1. The van der Waals surface area contributed by atoms with Crippen LogP contribution in [0.15, 0.2) is 53.5 Å². The van der Waals surface area contributed by atoms with E-state index in [-0.39, 0.29) is 16.9 Å². The number of benzene rings is 2. The summed E-state index contributed by atoms with van der Waals surface area (Å²) in [6.45, 7) is 5.33. The number of halogens is 3. The zero-order valence-corrected chi connectivity index (χ0v) is 20.9. The second-order valence-corrected chi connectivity index (χ2v) is 9.28. The van der Waals surface area contributed by atoms with Crippen molar-refractivity contribution in [3.63, 3.8) is 0 Å². The van der Waals surface area contributed by atoms with E-state index in [1.54, 1.807) is 24.3 Å². The van der Waals surface area contributed by atoms with Crippen molar-refractivity contribution in [3.05, 3.63) is 64.6 Å². The fourth-order valence-corrected chi connectivity index (χ4v) is 4.86.